The van der Waals surface area contributed by atoms with E-state index < -0.39 is 0 Å². The van der Waals surface area contributed by atoms with Gasteiger partial charge in [0.2, 0.25) is 6.29 Å². The maximum Gasteiger partial charge on any atom is 0.244 e. The van der Waals surface area contributed by atoms with Crippen LogP contribution in [0.2, 0.25) is 0 Å². The summed E-state index contributed by atoms with van der Waals surface area (Å²) in [5, 5.41) is 0. The molecule has 0 aromatic rings. The molecule has 0 unspecified atom stereocenters. The van der Waals surface area contributed by atoms with E-state index in [2.05, 4.69) is 13.2 Å². The topological polar surface area (TPSA) is 18.5 Å². The van der Waals surface area contributed by atoms with E-state index in [1.165, 1.54) is 51.0 Å². The van der Waals surface area contributed by atoms with Gasteiger partial charge in [-0.15, -0.1) is 0 Å². The molecule has 0 N–H and O–H groups in total. The van der Waals surface area contributed by atoms with Crippen molar-refractivity contribution in [3.8, 4) is 0 Å². The summed E-state index contributed by atoms with van der Waals surface area (Å²) in [7, 11) is 0. The minimum Gasteiger partial charge on any atom is -0.463 e. The molecule has 4 fully saturated rings. The highest BCUT2D eigenvalue weighted by molar-refractivity contribution is 5.03. The molecule has 4 rings (SSSR count). The third-order valence-corrected chi connectivity index (χ3v) is 5.03. The number of hydrogen-bond acceptors (Lipinski definition) is 2. The van der Waals surface area contributed by atoms with Crippen LogP contribution >= 0.6 is 0 Å². The van der Waals surface area contributed by atoms with Gasteiger partial charge in [0.1, 0.15) is 0 Å². The van der Waals surface area contributed by atoms with E-state index in [4.69, 9.17) is 9.47 Å². The molecule has 0 aromatic carbocycles. The molecule has 4 saturated carbocycles. The van der Waals surface area contributed by atoms with E-state index in [0.717, 1.165) is 17.8 Å². The standard InChI is InChI=1S/C15H22O2/c1-3-16-14(17-4-2)15-8-11-5-12(9-15)7-13(6-11)10-15/h3-4,11-14H,1-2,5-10H2. The highest BCUT2D eigenvalue weighted by Gasteiger charge is 2.56. The van der Waals surface area contributed by atoms with Crippen molar-refractivity contribution in [3.05, 3.63) is 25.7 Å². The van der Waals surface area contributed by atoms with Crippen LogP contribution in [-0.4, -0.2) is 6.29 Å². The molecule has 0 amide bonds. The Balaban J connectivity index is 1.83. The molecule has 17 heavy (non-hydrogen) atoms. The third kappa shape index (κ3) is 1.78. The molecule has 4 bridgehead atoms. The first kappa shape index (κ1) is 11.2. The Kier molecular flexibility index (Phi) is 2.68. The Morgan fingerprint density at radius 1 is 0.882 bits per heavy atom. The quantitative estimate of drug-likeness (QED) is 0.531. The number of rotatable bonds is 5. The first-order valence-electron chi connectivity index (χ1n) is 6.78. The molecule has 94 valence electrons. The second-order valence-corrected chi connectivity index (χ2v) is 6.22. The lowest BCUT2D eigenvalue weighted by molar-refractivity contribution is -0.209. The molecule has 0 radical (unpaired) electrons. The van der Waals surface area contributed by atoms with Crippen LogP contribution in [0.1, 0.15) is 38.5 Å². The van der Waals surface area contributed by atoms with Gasteiger partial charge in [0.25, 0.3) is 0 Å². The van der Waals surface area contributed by atoms with E-state index in [-0.39, 0.29) is 11.7 Å². The van der Waals surface area contributed by atoms with Crippen LogP contribution in [0, 0.1) is 23.2 Å². The fraction of sp³-hybridized carbons (Fsp3) is 0.733. The first-order chi connectivity index (χ1) is 8.25. The molecule has 0 heterocycles. The molecule has 0 atom stereocenters. The second kappa shape index (κ2) is 4.08. The normalized spacial score (nSPS) is 42.5. The lowest BCUT2D eigenvalue weighted by Crippen LogP contribution is -2.52. The van der Waals surface area contributed by atoms with Crippen molar-refractivity contribution >= 4 is 0 Å². The second-order valence-electron chi connectivity index (χ2n) is 6.22. The van der Waals surface area contributed by atoms with Gasteiger partial charge in [0.15, 0.2) is 0 Å². The maximum atomic E-state index is 5.64. The summed E-state index contributed by atoms with van der Waals surface area (Å²) < 4.78 is 11.3. The first-order valence-corrected chi connectivity index (χ1v) is 6.78. The van der Waals surface area contributed by atoms with E-state index in [1.807, 2.05) is 0 Å². The van der Waals surface area contributed by atoms with Gasteiger partial charge in [-0.25, -0.2) is 0 Å². The summed E-state index contributed by atoms with van der Waals surface area (Å²) in [5.74, 6) is 2.72. The Bertz CT molecular complexity index is 276. The fourth-order valence-electron chi connectivity index (χ4n) is 4.96. The molecule has 0 spiro atoms. The molecule has 0 saturated heterocycles. The molecular weight excluding hydrogens is 212 g/mol. The molecule has 2 nitrogen and oxygen atoms in total. The Labute approximate surface area is 104 Å². The maximum absolute atomic E-state index is 5.64. The highest BCUT2D eigenvalue weighted by Crippen LogP contribution is 2.61. The number of ether oxygens (including phenoxy) is 2. The van der Waals surface area contributed by atoms with Gasteiger partial charge < -0.3 is 9.47 Å². The van der Waals surface area contributed by atoms with Crippen LogP contribution in [0.4, 0.5) is 0 Å². The summed E-state index contributed by atoms with van der Waals surface area (Å²) in [6, 6.07) is 0. The van der Waals surface area contributed by atoms with Crippen molar-refractivity contribution in [1.29, 1.82) is 0 Å². The van der Waals surface area contributed by atoms with E-state index in [0.29, 0.717) is 0 Å². The van der Waals surface area contributed by atoms with Gasteiger partial charge in [-0.05, 0) is 56.3 Å². The summed E-state index contributed by atoms with van der Waals surface area (Å²) in [6.45, 7) is 7.35. The van der Waals surface area contributed by atoms with E-state index >= 15 is 0 Å². The highest BCUT2D eigenvalue weighted by atomic mass is 16.7. The average molecular weight is 234 g/mol. The predicted octanol–water partition coefficient (Wildman–Crippen LogP) is 3.85. The van der Waals surface area contributed by atoms with Crippen molar-refractivity contribution in [2.75, 3.05) is 0 Å². The Hall–Kier alpha value is -0.920. The van der Waals surface area contributed by atoms with Crippen molar-refractivity contribution in [1.82, 2.24) is 0 Å². The van der Waals surface area contributed by atoms with E-state index in [9.17, 15) is 0 Å². The van der Waals surface area contributed by atoms with Gasteiger partial charge in [-0.1, -0.05) is 13.2 Å². The Morgan fingerprint density at radius 2 is 1.29 bits per heavy atom. The minimum absolute atomic E-state index is 0.161. The summed E-state index contributed by atoms with van der Waals surface area (Å²) in [4.78, 5) is 0. The minimum atomic E-state index is -0.161. The van der Waals surface area contributed by atoms with Gasteiger partial charge in [-0.3, -0.25) is 0 Å². The van der Waals surface area contributed by atoms with Crippen molar-refractivity contribution < 1.29 is 9.47 Å². The zero-order valence-corrected chi connectivity index (χ0v) is 10.4. The van der Waals surface area contributed by atoms with Crippen LogP contribution in [0.3, 0.4) is 0 Å². The number of hydrogen-bond donors (Lipinski definition) is 0. The zero-order chi connectivity index (χ0) is 11.9. The molecule has 0 aromatic heterocycles. The summed E-state index contributed by atoms with van der Waals surface area (Å²) in [6.07, 6.45) is 11.0. The lowest BCUT2D eigenvalue weighted by Gasteiger charge is -2.57. The van der Waals surface area contributed by atoms with Crippen molar-refractivity contribution in [2.45, 2.75) is 44.8 Å². The fourth-order valence-corrected chi connectivity index (χ4v) is 4.96. The molecule has 2 heteroatoms. The lowest BCUT2D eigenvalue weighted by atomic mass is 9.49. The van der Waals surface area contributed by atoms with Gasteiger partial charge in [0.05, 0.1) is 12.5 Å². The van der Waals surface area contributed by atoms with E-state index in [1.54, 1.807) is 0 Å². The smallest absolute Gasteiger partial charge is 0.244 e. The Morgan fingerprint density at radius 3 is 1.65 bits per heavy atom. The molecule has 4 aliphatic carbocycles. The summed E-state index contributed by atoms with van der Waals surface area (Å²) in [5.41, 5.74) is 0.233. The molecular formula is C15H22O2. The van der Waals surface area contributed by atoms with Crippen LogP contribution < -0.4 is 0 Å². The molecule has 4 aliphatic rings. The van der Waals surface area contributed by atoms with Gasteiger partial charge in [-0.2, -0.15) is 0 Å². The predicted molar refractivity (Wildman–Crippen MR) is 67.0 cm³/mol. The van der Waals surface area contributed by atoms with Crippen LogP contribution in [0.5, 0.6) is 0 Å². The summed E-state index contributed by atoms with van der Waals surface area (Å²) >= 11 is 0. The zero-order valence-electron chi connectivity index (χ0n) is 10.4. The monoisotopic (exact) mass is 234 g/mol. The average Bonchev–Trinajstić information content (AvgIpc) is 2.27. The third-order valence-electron chi connectivity index (χ3n) is 5.03. The van der Waals surface area contributed by atoms with Crippen molar-refractivity contribution in [2.24, 2.45) is 23.2 Å². The van der Waals surface area contributed by atoms with Crippen LogP contribution in [-0.2, 0) is 9.47 Å². The van der Waals surface area contributed by atoms with Crippen LogP contribution in [0.15, 0.2) is 25.7 Å². The van der Waals surface area contributed by atoms with Crippen LogP contribution in [0.25, 0.3) is 0 Å². The largest absolute Gasteiger partial charge is 0.463 e. The van der Waals surface area contributed by atoms with Gasteiger partial charge >= 0.3 is 0 Å². The molecule has 0 aliphatic heterocycles. The van der Waals surface area contributed by atoms with Gasteiger partial charge in [0, 0.05) is 5.41 Å². The van der Waals surface area contributed by atoms with Crippen molar-refractivity contribution in [3.63, 3.8) is 0 Å². The SMILES string of the molecule is C=COC(OC=C)C12CC3CC(CC(C3)C1)C2.